The second kappa shape index (κ2) is 7.38. The number of piperidine rings is 2. The molecular formula is C19H40N4. The zero-order valence-corrected chi connectivity index (χ0v) is 16.7. The molecule has 2 fully saturated rings. The van der Waals surface area contributed by atoms with Crippen LogP contribution in [0.3, 0.4) is 0 Å². The maximum atomic E-state index is 3.45. The normalized spacial score (nSPS) is 24.5. The molecular weight excluding hydrogens is 284 g/mol. The molecule has 0 atom stereocenters. The Morgan fingerprint density at radius 3 is 1.52 bits per heavy atom. The van der Waals surface area contributed by atoms with Gasteiger partial charge in [0.05, 0.1) is 0 Å². The summed E-state index contributed by atoms with van der Waals surface area (Å²) in [6.07, 6.45) is 5.15. The van der Waals surface area contributed by atoms with Crippen LogP contribution < -0.4 is 5.32 Å². The first-order chi connectivity index (χ1) is 10.7. The van der Waals surface area contributed by atoms with E-state index in [1.165, 1.54) is 51.9 Å². The van der Waals surface area contributed by atoms with Crippen molar-refractivity contribution < 1.29 is 0 Å². The lowest BCUT2D eigenvalue weighted by Crippen LogP contribution is -2.68. The van der Waals surface area contributed by atoms with Crippen molar-refractivity contribution in [3.05, 3.63) is 0 Å². The molecule has 0 amide bonds. The van der Waals surface area contributed by atoms with E-state index in [0.717, 1.165) is 6.04 Å². The predicted octanol–water partition coefficient (Wildman–Crippen LogP) is 2.25. The summed E-state index contributed by atoms with van der Waals surface area (Å²) in [6.45, 7) is 14.8. The van der Waals surface area contributed by atoms with Gasteiger partial charge >= 0.3 is 0 Å². The van der Waals surface area contributed by atoms with E-state index in [-0.39, 0.29) is 11.1 Å². The summed E-state index contributed by atoms with van der Waals surface area (Å²) < 4.78 is 0. The van der Waals surface area contributed by atoms with Crippen LogP contribution in [0, 0.1) is 0 Å². The van der Waals surface area contributed by atoms with Gasteiger partial charge in [-0.2, -0.15) is 0 Å². The van der Waals surface area contributed by atoms with Crippen LogP contribution in [0.25, 0.3) is 0 Å². The largest absolute Gasteiger partial charge is 0.317 e. The number of nitrogens with zero attached hydrogens (tertiary/aromatic N) is 3. The van der Waals surface area contributed by atoms with Crippen LogP contribution in [-0.4, -0.2) is 85.2 Å². The minimum absolute atomic E-state index is 0.205. The quantitative estimate of drug-likeness (QED) is 0.837. The average molecular weight is 325 g/mol. The maximum Gasteiger partial charge on any atom is 0.0331 e. The topological polar surface area (TPSA) is 21.8 Å². The number of nitrogens with one attached hydrogen (secondary N) is 1. The third kappa shape index (κ3) is 3.92. The zero-order chi connectivity index (χ0) is 17.3. The average Bonchev–Trinajstić information content (AvgIpc) is 2.54. The second-order valence-corrected chi connectivity index (χ2v) is 8.85. The summed E-state index contributed by atoms with van der Waals surface area (Å²) in [4.78, 5) is 7.88. The van der Waals surface area contributed by atoms with Crippen molar-refractivity contribution in [2.75, 3.05) is 47.3 Å². The van der Waals surface area contributed by atoms with Gasteiger partial charge in [0.15, 0.2) is 0 Å². The highest BCUT2D eigenvalue weighted by Crippen LogP contribution is 2.37. The lowest BCUT2D eigenvalue weighted by atomic mass is 9.77. The molecule has 136 valence electrons. The molecule has 0 aliphatic carbocycles. The Morgan fingerprint density at radius 2 is 1.17 bits per heavy atom. The van der Waals surface area contributed by atoms with Crippen LogP contribution in [-0.2, 0) is 0 Å². The summed E-state index contributed by atoms with van der Waals surface area (Å²) in [7, 11) is 6.55. The highest BCUT2D eigenvalue weighted by atomic mass is 15.3. The molecule has 0 bridgehead atoms. The van der Waals surface area contributed by atoms with E-state index in [1.807, 2.05) is 0 Å². The number of likely N-dealkylation sites (tertiary alicyclic amines) is 2. The Morgan fingerprint density at radius 1 is 0.783 bits per heavy atom. The molecule has 1 N–H and O–H groups in total. The fourth-order valence-corrected chi connectivity index (χ4v) is 4.44. The van der Waals surface area contributed by atoms with Crippen LogP contribution in [0.15, 0.2) is 0 Å². The Balaban J connectivity index is 2.00. The van der Waals surface area contributed by atoms with Gasteiger partial charge in [0.25, 0.3) is 0 Å². The molecule has 0 aromatic heterocycles. The smallest absolute Gasteiger partial charge is 0.0331 e. The summed E-state index contributed by atoms with van der Waals surface area (Å²) in [5, 5.41) is 3.45. The molecule has 2 rings (SSSR count). The van der Waals surface area contributed by atoms with Crippen LogP contribution >= 0.6 is 0 Å². The van der Waals surface area contributed by atoms with Gasteiger partial charge in [-0.05, 0) is 74.5 Å². The lowest BCUT2D eigenvalue weighted by Gasteiger charge is -2.57. The first-order valence-corrected chi connectivity index (χ1v) is 9.54. The molecule has 0 aromatic carbocycles. The van der Waals surface area contributed by atoms with Gasteiger partial charge in [-0.1, -0.05) is 0 Å². The number of rotatable bonds is 5. The lowest BCUT2D eigenvalue weighted by molar-refractivity contribution is -0.0600. The molecule has 0 saturated carbocycles. The van der Waals surface area contributed by atoms with Crippen LogP contribution in [0.4, 0.5) is 0 Å². The predicted molar refractivity (Wildman–Crippen MR) is 100 cm³/mol. The summed E-state index contributed by atoms with van der Waals surface area (Å²) in [6, 6.07) is 1.47. The second-order valence-electron chi connectivity index (χ2n) is 8.85. The standard InChI is InChI=1S/C19H40N4/c1-18(2,22-12-8-16(20-5)9-13-22)19(3,4)23-14-10-17(11-15-23)21(6)7/h16-17,20H,8-15H2,1-7H3. The van der Waals surface area contributed by atoms with E-state index < -0.39 is 0 Å². The van der Waals surface area contributed by atoms with Crippen LogP contribution in [0.1, 0.15) is 53.4 Å². The zero-order valence-electron chi connectivity index (χ0n) is 16.7. The van der Waals surface area contributed by atoms with Gasteiger partial charge in [0.2, 0.25) is 0 Å². The van der Waals surface area contributed by atoms with Crippen molar-refractivity contribution in [2.24, 2.45) is 0 Å². The van der Waals surface area contributed by atoms with E-state index in [2.05, 4.69) is 68.9 Å². The third-order valence-corrected chi connectivity index (χ3v) is 7.18. The molecule has 0 radical (unpaired) electrons. The Hall–Kier alpha value is -0.160. The summed E-state index contributed by atoms with van der Waals surface area (Å²) in [5.74, 6) is 0. The SMILES string of the molecule is CNC1CCN(C(C)(C)C(C)(C)N2CCC(N(C)C)CC2)CC1. The fraction of sp³-hybridized carbons (Fsp3) is 1.00. The van der Waals surface area contributed by atoms with E-state index in [4.69, 9.17) is 0 Å². The minimum atomic E-state index is 0.205. The molecule has 2 aliphatic rings. The molecule has 4 heteroatoms. The molecule has 0 aromatic rings. The maximum absolute atomic E-state index is 3.45. The third-order valence-electron chi connectivity index (χ3n) is 7.18. The Bertz CT molecular complexity index is 362. The van der Waals surface area contributed by atoms with Crippen LogP contribution in [0.2, 0.25) is 0 Å². The van der Waals surface area contributed by atoms with Crippen molar-refractivity contribution >= 4 is 0 Å². The van der Waals surface area contributed by atoms with Crippen molar-refractivity contribution in [3.8, 4) is 0 Å². The van der Waals surface area contributed by atoms with Gasteiger partial charge in [-0.3, -0.25) is 9.80 Å². The molecule has 2 heterocycles. The van der Waals surface area contributed by atoms with Gasteiger partial charge in [0, 0.05) is 49.3 Å². The monoisotopic (exact) mass is 324 g/mol. The molecule has 4 nitrogen and oxygen atoms in total. The molecule has 23 heavy (non-hydrogen) atoms. The van der Waals surface area contributed by atoms with Crippen molar-refractivity contribution in [3.63, 3.8) is 0 Å². The first kappa shape index (κ1) is 19.2. The van der Waals surface area contributed by atoms with Crippen molar-refractivity contribution in [1.82, 2.24) is 20.0 Å². The van der Waals surface area contributed by atoms with Gasteiger partial charge in [-0.25, -0.2) is 0 Å². The molecule has 2 saturated heterocycles. The van der Waals surface area contributed by atoms with Crippen LogP contribution in [0.5, 0.6) is 0 Å². The number of hydrogen-bond acceptors (Lipinski definition) is 4. The van der Waals surface area contributed by atoms with Crippen molar-refractivity contribution in [1.29, 1.82) is 0 Å². The Labute approximate surface area is 144 Å². The number of hydrogen-bond donors (Lipinski definition) is 1. The fourth-order valence-electron chi connectivity index (χ4n) is 4.44. The summed E-state index contributed by atoms with van der Waals surface area (Å²) in [5.41, 5.74) is 0.410. The van der Waals surface area contributed by atoms with E-state index in [1.54, 1.807) is 0 Å². The minimum Gasteiger partial charge on any atom is -0.317 e. The van der Waals surface area contributed by atoms with E-state index in [0.29, 0.717) is 6.04 Å². The first-order valence-electron chi connectivity index (χ1n) is 9.54. The van der Waals surface area contributed by atoms with E-state index >= 15 is 0 Å². The highest BCUT2D eigenvalue weighted by molar-refractivity contribution is 5.05. The van der Waals surface area contributed by atoms with Gasteiger partial charge in [-0.15, -0.1) is 0 Å². The summed E-state index contributed by atoms with van der Waals surface area (Å²) >= 11 is 0. The van der Waals surface area contributed by atoms with E-state index in [9.17, 15) is 0 Å². The highest BCUT2D eigenvalue weighted by Gasteiger charge is 2.46. The van der Waals surface area contributed by atoms with Crippen molar-refractivity contribution in [2.45, 2.75) is 76.5 Å². The molecule has 2 aliphatic heterocycles. The molecule has 0 spiro atoms. The molecule has 0 unspecified atom stereocenters. The van der Waals surface area contributed by atoms with Gasteiger partial charge in [0.1, 0.15) is 0 Å². The Kier molecular flexibility index (Phi) is 6.15. The van der Waals surface area contributed by atoms with Gasteiger partial charge < -0.3 is 10.2 Å².